The van der Waals surface area contributed by atoms with Gasteiger partial charge < -0.3 is 24.6 Å². The predicted octanol–water partition coefficient (Wildman–Crippen LogP) is 5.07. The van der Waals surface area contributed by atoms with Crippen molar-refractivity contribution in [3.05, 3.63) is 65.2 Å². The van der Waals surface area contributed by atoms with E-state index < -0.39 is 17.4 Å². The molecule has 9 nitrogen and oxygen atoms in total. The van der Waals surface area contributed by atoms with Crippen molar-refractivity contribution >= 4 is 29.6 Å². The highest BCUT2D eigenvalue weighted by Gasteiger charge is 2.51. The van der Waals surface area contributed by atoms with Gasteiger partial charge in [0.1, 0.15) is 0 Å². The molecule has 2 aliphatic rings. The van der Waals surface area contributed by atoms with Gasteiger partial charge in [-0.2, -0.15) is 0 Å². The van der Waals surface area contributed by atoms with Crippen LogP contribution in [0.15, 0.2) is 48.5 Å². The number of ether oxygens (including phenoxy) is 2. The number of urea groups is 1. The molecule has 0 unspecified atom stereocenters. The number of hydrogen-bond acceptors (Lipinski definition) is 6. The van der Waals surface area contributed by atoms with Gasteiger partial charge in [-0.25, -0.2) is 4.79 Å². The Bertz CT molecular complexity index is 1270. The van der Waals surface area contributed by atoms with Crippen LogP contribution in [0.25, 0.3) is 0 Å². The van der Waals surface area contributed by atoms with Gasteiger partial charge in [0.25, 0.3) is 0 Å². The van der Waals surface area contributed by atoms with E-state index in [2.05, 4.69) is 26.1 Å². The highest BCUT2D eigenvalue weighted by atomic mass is 16.6. The largest absolute Gasteiger partial charge is 0.465 e. The molecule has 1 fully saturated rings. The van der Waals surface area contributed by atoms with Crippen LogP contribution in [0.4, 0.5) is 10.5 Å². The van der Waals surface area contributed by atoms with Crippen LogP contribution in [0.2, 0.25) is 0 Å². The number of amides is 3. The lowest BCUT2D eigenvalue weighted by Crippen LogP contribution is -2.53. The Kier molecular flexibility index (Phi) is 9.59. The number of anilines is 1. The molecular weight excluding hydrogens is 534 g/mol. The summed E-state index contributed by atoms with van der Waals surface area (Å²) in [6.45, 7) is 11.2. The maximum Gasteiger partial charge on any atom is 0.324 e. The fraction of sp³-hybridized carbons (Fsp3) is 0.515. The number of likely N-dealkylation sites (tertiary alicyclic amines) is 1. The second kappa shape index (κ2) is 13.0. The van der Waals surface area contributed by atoms with Crippen molar-refractivity contribution in [2.24, 2.45) is 5.41 Å². The number of nitrogens with zero attached hydrogens (tertiary/aromatic N) is 2. The minimum absolute atomic E-state index is 0.00927. The third kappa shape index (κ3) is 6.77. The Morgan fingerprint density at radius 1 is 0.905 bits per heavy atom. The second-order valence-electron chi connectivity index (χ2n) is 12.2. The number of rotatable bonds is 9. The Morgan fingerprint density at radius 3 is 2.07 bits per heavy atom. The molecule has 1 saturated heterocycles. The molecule has 9 heteroatoms. The number of hydrogen-bond donors (Lipinski definition) is 1. The maximum atomic E-state index is 13.7. The van der Waals surface area contributed by atoms with Gasteiger partial charge in [0, 0.05) is 31.4 Å². The maximum absolute atomic E-state index is 13.7. The smallest absolute Gasteiger partial charge is 0.324 e. The molecule has 4 rings (SSSR count). The van der Waals surface area contributed by atoms with Crippen LogP contribution in [0.5, 0.6) is 0 Å². The lowest BCUT2D eigenvalue weighted by atomic mass is 9.77. The van der Waals surface area contributed by atoms with Crippen molar-refractivity contribution in [1.82, 2.24) is 9.80 Å². The van der Waals surface area contributed by atoms with E-state index in [-0.39, 0.29) is 49.5 Å². The van der Waals surface area contributed by atoms with Crippen LogP contribution < -0.4 is 5.32 Å². The molecule has 3 amide bonds. The van der Waals surface area contributed by atoms with Crippen LogP contribution in [-0.2, 0) is 42.2 Å². The molecule has 2 aliphatic heterocycles. The Morgan fingerprint density at radius 2 is 1.50 bits per heavy atom. The summed E-state index contributed by atoms with van der Waals surface area (Å²) in [5, 5.41) is 2.96. The first-order valence-corrected chi connectivity index (χ1v) is 14.9. The number of fused-ring (bicyclic) bond motifs is 1. The number of nitrogens with one attached hydrogen (secondary N) is 1. The number of carbonyl (C=O) groups excluding carboxylic acids is 4. The number of benzene rings is 2. The Balaban J connectivity index is 1.51. The Labute approximate surface area is 248 Å². The van der Waals surface area contributed by atoms with E-state index in [1.54, 1.807) is 18.7 Å². The zero-order chi connectivity index (χ0) is 30.5. The molecule has 0 radical (unpaired) electrons. The van der Waals surface area contributed by atoms with Gasteiger partial charge >= 0.3 is 18.0 Å². The first-order chi connectivity index (χ1) is 20.0. The molecule has 226 valence electrons. The zero-order valence-corrected chi connectivity index (χ0v) is 25.4. The fourth-order valence-electron chi connectivity index (χ4n) is 5.76. The van der Waals surface area contributed by atoms with Crippen molar-refractivity contribution in [2.45, 2.75) is 78.3 Å². The molecule has 2 aromatic carbocycles. The van der Waals surface area contributed by atoms with Crippen molar-refractivity contribution < 1.29 is 28.7 Å². The lowest BCUT2D eigenvalue weighted by Gasteiger charge is -2.41. The van der Waals surface area contributed by atoms with Gasteiger partial charge in [0.15, 0.2) is 5.41 Å². The van der Waals surface area contributed by atoms with Gasteiger partial charge in [-0.15, -0.1) is 0 Å². The summed E-state index contributed by atoms with van der Waals surface area (Å²) in [4.78, 5) is 57.0. The summed E-state index contributed by atoms with van der Waals surface area (Å²) < 4.78 is 10.8. The number of piperidine rings is 1. The molecule has 0 bridgehead atoms. The average Bonchev–Trinajstić information content (AvgIpc) is 2.96. The lowest BCUT2D eigenvalue weighted by molar-refractivity contribution is -0.175. The highest BCUT2D eigenvalue weighted by molar-refractivity contribution is 6.04. The molecule has 2 heterocycles. The van der Waals surface area contributed by atoms with Crippen LogP contribution in [-0.4, -0.2) is 66.0 Å². The minimum Gasteiger partial charge on any atom is -0.465 e. The van der Waals surface area contributed by atoms with E-state index in [1.807, 2.05) is 53.4 Å². The van der Waals surface area contributed by atoms with Crippen molar-refractivity contribution in [3.8, 4) is 0 Å². The summed E-state index contributed by atoms with van der Waals surface area (Å²) in [5.74, 6) is -1.82. The van der Waals surface area contributed by atoms with E-state index in [0.717, 1.165) is 22.4 Å². The highest BCUT2D eigenvalue weighted by Crippen LogP contribution is 2.34. The SMILES string of the molecule is CCOC(=O)C(CC(=O)N1CCC(N2Cc3ccccc3NC2=O)CC1)(Cc1ccc(C(C)(C)C)cc1)C(=O)OCC. The van der Waals surface area contributed by atoms with Gasteiger partial charge in [-0.3, -0.25) is 14.4 Å². The zero-order valence-electron chi connectivity index (χ0n) is 25.4. The van der Waals surface area contributed by atoms with E-state index in [1.165, 1.54) is 0 Å². The third-order valence-electron chi connectivity index (χ3n) is 8.23. The molecule has 42 heavy (non-hydrogen) atoms. The molecule has 2 aromatic rings. The fourth-order valence-corrected chi connectivity index (χ4v) is 5.76. The quantitative estimate of drug-likeness (QED) is 0.330. The van der Waals surface area contributed by atoms with E-state index in [0.29, 0.717) is 32.5 Å². The van der Waals surface area contributed by atoms with E-state index in [9.17, 15) is 19.2 Å². The molecule has 0 saturated carbocycles. The van der Waals surface area contributed by atoms with Gasteiger partial charge in [0.2, 0.25) is 5.91 Å². The first kappa shape index (κ1) is 31.1. The number of esters is 2. The van der Waals surface area contributed by atoms with Crippen LogP contribution >= 0.6 is 0 Å². The summed E-state index contributed by atoms with van der Waals surface area (Å²) in [7, 11) is 0. The van der Waals surface area contributed by atoms with Gasteiger partial charge in [0.05, 0.1) is 19.6 Å². The normalized spacial score (nSPS) is 16.0. The molecule has 0 spiro atoms. The minimum atomic E-state index is -1.81. The molecule has 0 aromatic heterocycles. The summed E-state index contributed by atoms with van der Waals surface area (Å²) in [6.07, 6.45) is 0.835. The molecular formula is C33H43N3O6. The monoisotopic (exact) mass is 577 g/mol. The molecule has 1 N–H and O–H groups in total. The topological polar surface area (TPSA) is 105 Å². The first-order valence-electron chi connectivity index (χ1n) is 14.9. The average molecular weight is 578 g/mol. The standard InChI is InChI=1S/C33H43N3O6/c1-6-41-29(38)33(30(39)42-7-2,20-23-12-14-25(15-13-23)32(3,4)5)21-28(37)35-18-16-26(17-19-35)36-22-24-10-8-9-11-27(24)34-31(36)40/h8-15,26H,6-7,16-22H2,1-5H3,(H,34,40). The molecule has 0 aliphatic carbocycles. The predicted molar refractivity (Wildman–Crippen MR) is 160 cm³/mol. The second-order valence-corrected chi connectivity index (χ2v) is 12.2. The van der Waals surface area contributed by atoms with Crippen molar-refractivity contribution in [2.75, 3.05) is 31.6 Å². The van der Waals surface area contributed by atoms with Gasteiger partial charge in [-0.05, 0) is 61.3 Å². The van der Waals surface area contributed by atoms with Crippen LogP contribution in [0.3, 0.4) is 0 Å². The van der Waals surface area contributed by atoms with Crippen LogP contribution in [0, 0.1) is 5.41 Å². The number of carbonyl (C=O) groups is 4. The third-order valence-corrected chi connectivity index (χ3v) is 8.23. The van der Waals surface area contributed by atoms with Crippen LogP contribution in [0.1, 0.15) is 70.6 Å². The van der Waals surface area contributed by atoms with Gasteiger partial charge in [-0.1, -0.05) is 63.2 Å². The summed E-state index contributed by atoms with van der Waals surface area (Å²) in [6, 6.07) is 15.3. The summed E-state index contributed by atoms with van der Waals surface area (Å²) in [5.41, 5.74) is 1.88. The van der Waals surface area contributed by atoms with E-state index in [4.69, 9.17) is 9.47 Å². The van der Waals surface area contributed by atoms with E-state index >= 15 is 0 Å². The van der Waals surface area contributed by atoms with Crippen molar-refractivity contribution in [3.63, 3.8) is 0 Å². The number of para-hydroxylation sites is 1. The Hall–Kier alpha value is -3.88. The summed E-state index contributed by atoms with van der Waals surface area (Å²) >= 11 is 0. The molecule has 0 atom stereocenters. The van der Waals surface area contributed by atoms with Crippen molar-refractivity contribution in [1.29, 1.82) is 0 Å².